The summed E-state index contributed by atoms with van der Waals surface area (Å²) in [6, 6.07) is 9.95. The lowest BCUT2D eigenvalue weighted by atomic mass is 10.0. The van der Waals surface area contributed by atoms with E-state index in [1.54, 1.807) is 30.3 Å². The minimum atomic E-state index is -0.459. The summed E-state index contributed by atoms with van der Waals surface area (Å²) in [4.78, 5) is 11.3. The predicted octanol–water partition coefficient (Wildman–Crippen LogP) is 3.00. The van der Waals surface area contributed by atoms with Crippen molar-refractivity contribution < 1.29 is 24.1 Å². The fourth-order valence-corrected chi connectivity index (χ4v) is 2.11. The molecule has 1 N–H and O–H groups in total. The Morgan fingerprint density at radius 2 is 1.43 bits per heavy atom. The minimum Gasteiger partial charge on any atom is -0.507 e. The van der Waals surface area contributed by atoms with E-state index in [0.29, 0.717) is 28.4 Å². The number of aromatic hydroxyl groups is 1. The standard InChI is InChI=1S/C16H16O5/c1-10(17)21-14-9-5-8-13(20-3)16(14)15-11(18)6-4-7-12(15)19-2/h4-9,18H,1-3H3. The third-order valence-corrected chi connectivity index (χ3v) is 2.94. The second-order valence-electron chi connectivity index (χ2n) is 4.28. The van der Waals surface area contributed by atoms with E-state index >= 15 is 0 Å². The Balaban J connectivity index is 2.75. The molecule has 0 aliphatic heterocycles. The Kier molecular flexibility index (Phi) is 4.33. The number of hydrogen-bond donors (Lipinski definition) is 1. The maximum atomic E-state index is 11.3. The number of benzene rings is 2. The third-order valence-electron chi connectivity index (χ3n) is 2.94. The van der Waals surface area contributed by atoms with Crippen LogP contribution in [0.3, 0.4) is 0 Å². The number of ether oxygens (including phenoxy) is 3. The summed E-state index contributed by atoms with van der Waals surface area (Å²) >= 11 is 0. The van der Waals surface area contributed by atoms with E-state index in [1.165, 1.54) is 27.2 Å². The molecule has 5 heteroatoms. The van der Waals surface area contributed by atoms with Crippen LogP contribution in [0.2, 0.25) is 0 Å². The first-order valence-electron chi connectivity index (χ1n) is 6.30. The molecule has 0 aromatic heterocycles. The Morgan fingerprint density at radius 3 is 2.00 bits per heavy atom. The lowest BCUT2D eigenvalue weighted by Gasteiger charge is -2.16. The summed E-state index contributed by atoms with van der Waals surface area (Å²) in [5.74, 6) is 0.759. The largest absolute Gasteiger partial charge is 0.507 e. The molecule has 2 aromatic rings. The summed E-state index contributed by atoms with van der Waals surface area (Å²) < 4.78 is 15.8. The molecule has 0 spiro atoms. The van der Waals surface area contributed by atoms with E-state index in [2.05, 4.69) is 0 Å². The molecule has 0 amide bonds. The second kappa shape index (κ2) is 6.17. The highest BCUT2D eigenvalue weighted by Gasteiger charge is 2.21. The maximum Gasteiger partial charge on any atom is 0.308 e. The highest BCUT2D eigenvalue weighted by atomic mass is 16.5. The molecule has 0 aliphatic rings. The maximum absolute atomic E-state index is 11.3. The van der Waals surface area contributed by atoms with Crippen molar-refractivity contribution in [2.45, 2.75) is 6.92 Å². The normalized spacial score (nSPS) is 10.0. The van der Waals surface area contributed by atoms with Crippen LogP contribution in [0.5, 0.6) is 23.0 Å². The van der Waals surface area contributed by atoms with Gasteiger partial charge in [0.25, 0.3) is 0 Å². The number of methoxy groups -OCH3 is 2. The Labute approximate surface area is 122 Å². The van der Waals surface area contributed by atoms with E-state index in [4.69, 9.17) is 14.2 Å². The average Bonchev–Trinajstić information content (AvgIpc) is 2.46. The summed E-state index contributed by atoms with van der Waals surface area (Å²) in [6.45, 7) is 1.31. The number of carbonyl (C=O) groups is 1. The molecule has 0 saturated heterocycles. The van der Waals surface area contributed by atoms with Gasteiger partial charge in [-0.25, -0.2) is 0 Å². The smallest absolute Gasteiger partial charge is 0.308 e. The van der Waals surface area contributed by atoms with Crippen molar-refractivity contribution in [2.24, 2.45) is 0 Å². The van der Waals surface area contributed by atoms with E-state index < -0.39 is 5.97 Å². The monoisotopic (exact) mass is 288 g/mol. The molecule has 0 radical (unpaired) electrons. The molecule has 0 atom stereocenters. The van der Waals surface area contributed by atoms with Gasteiger partial charge in [-0.05, 0) is 24.3 Å². The van der Waals surface area contributed by atoms with Gasteiger partial charge in [0, 0.05) is 6.92 Å². The van der Waals surface area contributed by atoms with Gasteiger partial charge in [-0.1, -0.05) is 12.1 Å². The lowest BCUT2D eigenvalue weighted by molar-refractivity contribution is -0.131. The van der Waals surface area contributed by atoms with Gasteiger partial charge in [0.05, 0.1) is 25.3 Å². The van der Waals surface area contributed by atoms with Gasteiger partial charge in [0.15, 0.2) is 0 Å². The minimum absolute atomic E-state index is 0.00671. The number of phenolic OH excluding ortho intramolecular Hbond substituents is 1. The van der Waals surface area contributed by atoms with E-state index in [-0.39, 0.29) is 5.75 Å². The zero-order valence-corrected chi connectivity index (χ0v) is 12.0. The van der Waals surface area contributed by atoms with Crippen molar-refractivity contribution in [3.05, 3.63) is 36.4 Å². The second-order valence-corrected chi connectivity index (χ2v) is 4.28. The lowest BCUT2D eigenvalue weighted by Crippen LogP contribution is -2.04. The number of hydrogen-bond acceptors (Lipinski definition) is 5. The SMILES string of the molecule is COc1cccc(O)c1-c1c(OC)cccc1OC(C)=O. The van der Waals surface area contributed by atoms with Crippen LogP contribution in [0.25, 0.3) is 11.1 Å². The molecule has 2 rings (SSSR count). The first-order valence-corrected chi connectivity index (χ1v) is 6.30. The van der Waals surface area contributed by atoms with Crippen molar-refractivity contribution >= 4 is 5.97 Å². The molecule has 0 fully saturated rings. The zero-order valence-electron chi connectivity index (χ0n) is 12.0. The predicted molar refractivity (Wildman–Crippen MR) is 78.0 cm³/mol. The number of carbonyl (C=O) groups excluding carboxylic acids is 1. The van der Waals surface area contributed by atoms with Crippen molar-refractivity contribution in [1.82, 2.24) is 0 Å². The van der Waals surface area contributed by atoms with E-state index in [0.717, 1.165) is 0 Å². The molecule has 0 unspecified atom stereocenters. The van der Waals surface area contributed by atoms with Crippen LogP contribution >= 0.6 is 0 Å². The Morgan fingerprint density at radius 1 is 0.905 bits per heavy atom. The molecule has 5 nitrogen and oxygen atoms in total. The van der Waals surface area contributed by atoms with E-state index in [9.17, 15) is 9.90 Å². The number of phenols is 1. The Hall–Kier alpha value is -2.69. The van der Waals surface area contributed by atoms with Crippen LogP contribution < -0.4 is 14.2 Å². The quantitative estimate of drug-likeness (QED) is 0.692. The van der Waals surface area contributed by atoms with Crippen LogP contribution in [-0.2, 0) is 4.79 Å². The Bertz CT molecular complexity index is 664. The zero-order chi connectivity index (χ0) is 15.4. The van der Waals surface area contributed by atoms with Crippen molar-refractivity contribution in [3.8, 4) is 34.1 Å². The molecule has 0 aliphatic carbocycles. The molecule has 0 heterocycles. The van der Waals surface area contributed by atoms with Gasteiger partial charge in [0.1, 0.15) is 23.0 Å². The fourth-order valence-electron chi connectivity index (χ4n) is 2.11. The molecular weight excluding hydrogens is 272 g/mol. The summed E-state index contributed by atoms with van der Waals surface area (Å²) in [6.07, 6.45) is 0. The number of rotatable bonds is 4. The van der Waals surface area contributed by atoms with Crippen LogP contribution in [0.4, 0.5) is 0 Å². The van der Waals surface area contributed by atoms with Gasteiger partial charge in [-0.2, -0.15) is 0 Å². The van der Waals surface area contributed by atoms with Crippen molar-refractivity contribution in [3.63, 3.8) is 0 Å². The van der Waals surface area contributed by atoms with Gasteiger partial charge >= 0.3 is 5.97 Å². The van der Waals surface area contributed by atoms with Crippen molar-refractivity contribution in [2.75, 3.05) is 14.2 Å². The third kappa shape index (κ3) is 2.91. The van der Waals surface area contributed by atoms with Gasteiger partial charge < -0.3 is 19.3 Å². The fraction of sp³-hybridized carbons (Fsp3) is 0.188. The molecular formula is C16H16O5. The first-order chi connectivity index (χ1) is 10.1. The van der Waals surface area contributed by atoms with E-state index in [1.807, 2.05) is 0 Å². The first kappa shape index (κ1) is 14.7. The number of esters is 1. The van der Waals surface area contributed by atoms with Crippen LogP contribution in [0.15, 0.2) is 36.4 Å². The summed E-state index contributed by atoms with van der Waals surface area (Å²) in [7, 11) is 3.00. The highest BCUT2D eigenvalue weighted by molar-refractivity contribution is 5.87. The van der Waals surface area contributed by atoms with Gasteiger partial charge in [-0.15, -0.1) is 0 Å². The topological polar surface area (TPSA) is 65.0 Å². The average molecular weight is 288 g/mol. The van der Waals surface area contributed by atoms with Crippen molar-refractivity contribution in [1.29, 1.82) is 0 Å². The summed E-state index contributed by atoms with van der Waals surface area (Å²) in [5.41, 5.74) is 0.874. The molecule has 21 heavy (non-hydrogen) atoms. The van der Waals surface area contributed by atoms with Crippen LogP contribution in [0, 0.1) is 0 Å². The van der Waals surface area contributed by atoms with Gasteiger partial charge in [-0.3, -0.25) is 4.79 Å². The van der Waals surface area contributed by atoms with Crippen LogP contribution in [0.1, 0.15) is 6.92 Å². The molecule has 0 saturated carbocycles. The highest BCUT2D eigenvalue weighted by Crippen LogP contribution is 2.47. The molecule has 2 aromatic carbocycles. The summed E-state index contributed by atoms with van der Waals surface area (Å²) in [5, 5.41) is 10.2. The van der Waals surface area contributed by atoms with Crippen LogP contribution in [-0.4, -0.2) is 25.3 Å². The molecule has 110 valence electrons. The molecule has 0 bridgehead atoms. The van der Waals surface area contributed by atoms with Gasteiger partial charge in [0.2, 0.25) is 0 Å².